The van der Waals surface area contributed by atoms with E-state index in [4.69, 9.17) is 28.4 Å². The summed E-state index contributed by atoms with van der Waals surface area (Å²) in [6, 6.07) is 28.2. The van der Waals surface area contributed by atoms with E-state index in [0.29, 0.717) is 121 Å². The molecule has 6 amide bonds. The highest BCUT2D eigenvalue weighted by atomic mass is 33.1. The number of anilines is 4. The smallest absolute Gasteiger partial charge is 0.240 e. The van der Waals surface area contributed by atoms with Crippen LogP contribution in [-0.4, -0.2) is 97.4 Å². The number of pyridine rings is 2. The number of aromatic nitrogens is 2. The summed E-state index contributed by atoms with van der Waals surface area (Å²) in [5.74, 6) is -2.54. The van der Waals surface area contributed by atoms with E-state index in [0.717, 1.165) is 37.8 Å². The first-order valence-corrected chi connectivity index (χ1v) is 32.7. The van der Waals surface area contributed by atoms with Crippen molar-refractivity contribution in [1.82, 2.24) is 20.6 Å². The van der Waals surface area contributed by atoms with Crippen LogP contribution in [0.1, 0.15) is 64.2 Å². The van der Waals surface area contributed by atoms with Gasteiger partial charge in [0.1, 0.15) is 34.0 Å². The number of unbranched alkanes of at least 4 members (excludes halogenated alkanes) is 4. The normalized spacial score (nSPS) is 13.2. The van der Waals surface area contributed by atoms with Gasteiger partial charge in [-0.15, -0.1) is 0 Å². The minimum Gasteiger partial charge on any atom is -0.493 e. The van der Waals surface area contributed by atoms with E-state index in [2.05, 4.69) is 41.9 Å². The molecule has 0 unspecified atom stereocenters. The number of carbonyl (C=O) groups excluding carboxylic acids is 6. The summed E-state index contributed by atoms with van der Waals surface area (Å²) in [6.07, 6.45) is 8.60. The average Bonchev–Trinajstić information content (AvgIpc) is 1.64. The molecular formula is C68H66F4N8O12S2. The Hall–Kier alpha value is -9.82. The highest BCUT2D eigenvalue weighted by Gasteiger charge is 2.57. The van der Waals surface area contributed by atoms with Crippen LogP contribution in [0.15, 0.2) is 134 Å². The molecule has 8 aromatic rings. The van der Waals surface area contributed by atoms with Gasteiger partial charge in [-0.25, -0.2) is 17.6 Å². The van der Waals surface area contributed by atoms with E-state index < -0.39 is 57.7 Å². The lowest BCUT2D eigenvalue weighted by Crippen LogP contribution is -2.35. The first-order chi connectivity index (χ1) is 45.5. The Morgan fingerprint density at radius 2 is 0.798 bits per heavy atom. The van der Waals surface area contributed by atoms with Crippen LogP contribution in [0.2, 0.25) is 0 Å². The second-order valence-electron chi connectivity index (χ2n) is 22.2. The van der Waals surface area contributed by atoms with Gasteiger partial charge in [-0.1, -0.05) is 21.6 Å². The number of hydrogen-bond donors (Lipinski definition) is 6. The number of ether oxygens (including phenoxy) is 6. The topological polar surface area (TPSA) is 256 Å². The molecule has 2 aliphatic rings. The van der Waals surface area contributed by atoms with Gasteiger partial charge in [-0.2, -0.15) is 0 Å². The van der Waals surface area contributed by atoms with Crippen LogP contribution in [0.25, 0.3) is 21.8 Å². The maximum absolute atomic E-state index is 15.5. The van der Waals surface area contributed by atoms with Gasteiger partial charge in [0.15, 0.2) is 46.1 Å². The van der Waals surface area contributed by atoms with Gasteiger partial charge in [0.2, 0.25) is 35.4 Å². The molecule has 2 heterocycles. The molecule has 2 saturated carbocycles. The molecule has 0 radical (unpaired) electrons. The Kier molecular flexibility index (Phi) is 22.3. The second kappa shape index (κ2) is 31.2. The number of methoxy groups -OCH3 is 2. The van der Waals surface area contributed by atoms with Crippen LogP contribution in [0, 0.1) is 34.1 Å². The fourth-order valence-electron chi connectivity index (χ4n) is 9.89. The Labute approximate surface area is 545 Å². The van der Waals surface area contributed by atoms with E-state index in [1.54, 1.807) is 36.4 Å². The zero-order valence-corrected chi connectivity index (χ0v) is 52.8. The molecule has 94 heavy (non-hydrogen) atoms. The van der Waals surface area contributed by atoms with Crippen molar-refractivity contribution < 1.29 is 74.8 Å². The molecule has 6 N–H and O–H groups in total. The molecule has 0 aliphatic heterocycles. The zero-order valence-electron chi connectivity index (χ0n) is 51.1. The molecule has 0 spiro atoms. The van der Waals surface area contributed by atoms with Gasteiger partial charge in [-0.05, 0) is 161 Å². The van der Waals surface area contributed by atoms with Gasteiger partial charge in [-0.3, -0.25) is 38.7 Å². The Bertz CT molecular complexity index is 3830. The molecule has 0 bridgehead atoms. The van der Waals surface area contributed by atoms with E-state index in [-0.39, 0.29) is 57.7 Å². The summed E-state index contributed by atoms with van der Waals surface area (Å²) in [4.78, 5) is 86.2. The lowest BCUT2D eigenvalue weighted by molar-refractivity contribution is -0.132. The fourth-order valence-corrected chi connectivity index (χ4v) is 11.6. The molecule has 2 aliphatic carbocycles. The molecule has 10 rings (SSSR count). The van der Waals surface area contributed by atoms with Gasteiger partial charge in [0, 0.05) is 83.3 Å². The minimum absolute atomic E-state index is 0.121. The van der Waals surface area contributed by atoms with Crippen molar-refractivity contribution in [3.05, 3.63) is 157 Å². The van der Waals surface area contributed by atoms with Gasteiger partial charge >= 0.3 is 0 Å². The van der Waals surface area contributed by atoms with Crippen molar-refractivity contribution in [2.24, 2.45) is 10.8 Å². The number of carbonyl (C=O) groups is 6. The monoisotopic (exact) mass is 1330 g/mol. The van der Waals surface area contributed by atoms with Crippen molar-refractivity contribution >= 4 is 102 Å². The van der Waals surface area contributed by atoms with Crippen LogP contribution in [0.5, 0.6) is 46.0 Å². The lowest BCUT2D eigenvalue weighted by atomic mass is 10.0. The number of nitrogens with one attached hydrogen (secondary N) is 6. The number of hydrogen-bond acceptors (Lipinski definition) is 16. The number of rotatable bonds is 33. The quantitative estimate of drug-likeness (QED) is 0.00967. The Morgan fingerprint density at radius 1 is 0.426 bits per heavy atom. The number of nitrogens with zero attached hydrogens (tertiary/aromatic N) is 2. The zero-order chi connectivity index (χ0) is 66.2. The third-order valence-electron chi connectivity index (χ3n) is 15.5. The predicted octanol–water partition coefficient (Wildman–Crippen LogP) is 13.1. The second-order valence-corrected chi connectivity index (χ2v) is 24.7. The van der Waals surface area contributed by atoms with Crippen LogP contribution >= 0.6 is 21.6 Å². The first kappa shape index (κ1) is 67.1. The molecule has 2 fully saturated rings. The van der Waals surface area contributed by atoms with E-state index in [1.807, 2.05) is 0 Å². The third-order valence-corrected chi connectivity index (χ3v) is 17.6. The van der Waals surface area contributed by atoms with E-state index in [1.165, 1.54) is 121 Å². The Morgan fingerprint density at radius 3 is 1.16 bits per heavy atom. The third kappa shape index (κ3) is 17.3. The van der Waals surface area contributed by atoms with Crippen molar-refractivity contribution in [1.29, 1.82) is 0 Å². The standard InChI is InChI=1S/C68H66F4N8O12S2/c1-87-57-35-47-51(73-29-21-53(47)91-55-19-17-45(33-49(55)71)79-65(85)67(23-24-67)63(83)77-43-13-9-41(69)10-14-43)37-59(57)89-31-7-3-5-27-75-61(81)39-93-94-40-62(82)76-28-6-4-8-32-90-60-38-52-48(36-58(60)88-2)54(22-30-74-52)92-56-20-18-46(34-50(56)72)80-66(86)68(25-26-68)64(84)78-44-15-11-42(70)12-16-44/h9-22,29-30,33-38H,3-8,23-28,31-32,39-40H2,1-2H3,(H,75,81)(H,76,82)(H,77,83)(H,78,84)(H,79,85)(H,80,86). The van der Waals surface area contributed by atoms with Crippen LogP contribution in [0.3, 0.4) is 0 Å². The van der Waals surface area contributed by atoms with Crippen molar-refractivity contribution in [3.63, 3.8) is 0 Å². The number of amides is 6. The molecule has 2 aromatic heterocycles. The SMILES string of the molecule is COc1cc2c(Oc3ccc(NC(=O)C4(C(=O)Nc5ccc(F)cc5)CC4)cc3F)ccnc2cc1OCCCCCNC(=O)CSSCC(=O)NCCCCCOc1cc2nccc(Oc3ccc(NC(=O)C4(C(=O)Nc5ccc(F)cc5)CC4)cc3F)c2cc1OC. The minimum atomic E-state index is -1.33. The predicted molar refractivity (Wildman–Crippen MR) is 350 cm³/mol. The van der Waals surface area contributed by atoms with E-state index >= 15 is 8.78 Å². The molecule has 0 atom stereocenters. The number of benzene rings is 6. The fraction of sp³-hybridized carbons (Fsp3) is 0.294. The van der Waals surface area contributed by atoms with Crippen LogP contribution < -0.4 is 60.3 Å². The largest absolute Gasteiger partial charge is 0.493 e. The summed E-state index contributed by atoms with van der Waals surface area (Å²) in [5, 5.41) is 17.4. The van der Waals surface area contributed by atoms with Crippen LogP contribution in [-0.2, 0) is 28.8 Å². The summed E-state index contributed by atoms with van der Waals surface area (Å²) in [7, 11) is 5.59. The molecule has 6 aromatic carbocycles. The highest BCUT2D eigenvalue weighted by Crippen LogP contribution is 2.49. The number of fused-ring (bicyclic) bond motifs is 2. The van der Waals surface area contributed by atoms with Crippen molar-refractivity contribution in [3.8, 4) is 46.0 Å². The average molecular weight is 1330 g/mol. The maximum atomic E-state index is 15.5. The van der Waals surface area contributed by atoms with Crippen molar-refractivity contribution in [2.45, 2.75) is 64.2 Å². The highest BCUT2D eigenvalue weighted by molar-refractivity contribution is 8.77. The van der Waals surface area contributed by atoms with E-state index in [9.17, 15) is 37.5 Å². The summed E-state index contributed by atoms with van der Waals surface area (Å²) >= 11 is 0. The molecule has 0 saturated heterocycles. The van der Waals surface area contributed by atoms with Crippen LogP contribution in [0.4, 0.5) is 40.3 Å². The molecule has 490 valence electrons. The van der Waals surface area contributed by atoms with Gasteiger partial charge in [0.05, 0.1) is 50.0 Å². The summed E-state index contributed by atoms with van der Waals surface area (Å²) in [5.41, 5.74) is -0.690. The molecular weight excluding hydrogens is 1260 g/mol. The first-order valence-electron chi connectivity index (χ1n) is 30.2. The molecule has 26 heteroatoms. The summed E-state index contributed by atoms with van der Waals surface area (Å²) in [6.45, 7) is 1.68. The van der Waals surface area contributed by atoms with Gasteiger partial charge < -0.3 is 60.3 Å². The van der Waals surface area contributed by atoms with Crippen molar-refractivity contribution in [2.75, 3.05) is 73.3 Å². The Balaban J connectivity index is 0.567. The van der Waals surface area contributed by atoms with Gasteiger partial charge in [0.25, 0.3) is 0 Å². The maximum Gasteiger partial charge on any atom is 0.240 e. The summed E-state index contributed by atoms with van der Waals surface area (Å²) < 4.78 is 93.0. The lowest BCUT2D eigenvalue weighted by Gasteiger charge is -2.16. The number of halogens is 4. The molecule has 20 nitrogen and oxygen atoms in total.